The van der Waals surface area contributed by atoms with Gasteiger partial charge < -0.3 is 4.79 Å². The lowest BCUT2D eigenvalue weighted by Crippen LogP contribution is -2.34. The van der Waals surface area contributed by atoms with E-state index in [2.05, 4.69) is 59.7 Å². The van der Waals surface area contributed by atoms with Crippen molar-refractivity contribution in [2.24, 2.45) is 11.8 Å². The Morgan fingerprint density at radius 2 is 1.64 bits per heavy atom. The van der Waals surface area contributed by atoms with Gasteiger partial charge in [-0.05, 0) is 46.3 Å². The summed E-state index contributed by atoms with van der Waals surface area (Å²) in [5.74, 6) is 0.720. The molecule has 3 rings (SSSR count). The molecule has 0 spiro atoms. The zero-order valence-corrected chi connectivity index (χ0v) is 15.0. The van der Waals surface area contributed by atoms with E-state index in [0.29, 0.717) is 5.92 Å². The van der Waals surface area contributed by atoms with Gasteiger partial charge in [-0.3, -0.25) is 0 Å². The molecule has 1 nitrogen and oxygen atoms in total. The number of aldehydes is 1. The number of carbonyl (C=O) groups is 1. The summed E-state index contributed by atoms with van der Waals surface area (Å²) in [5, 5.41) is 0. The zero-order chi connectivity index (χ0) is 16.3. The van der Waals surface area contributed by atoms with E-state index in [1.54, 1.807) is 0 Å². The highest BCUT2D eigenvalue weighted by Crippen LogP contribution is 2.61. The molecule has 2 aliphatic carbocycles. The Morgan fingerprint density at radius 1 is 1.05 bits per heavy atom. The fourth-order valence-electron chi connectivity index (χ4n) is 4.88. The summed E-state index contributed by atoms with van der Waals surface area (Å²) in [6.07, 6.45) is 4.76. The maximum absolute atomic E-state index is 11.4. The molecule has 0 heterocycles. The van der Waals surface area contributed by atoms with E-state index in [1.165, 1.54) is 35.8 Å². The highest BCUT2D eigenvalue weighted by Gasteiger charge is 2.61. The molecule has 120 valence electrons. The summed E-state index contributed by atoms with van der Waals surface area (Å²) in [5.41, 5.74) is 4.96. The minimum atomic E-state index is 0.0587. The van der Waals surface area contributed by atoms with E-state index in [4.69, 9.17) is 0 Å². The Bertz CT molecular complexity index is 610. The minimum absolute atomic E-state index is 0.0587. The number of fused-ring (bicyclic) bond motifs is 1. The van der Waals surface area contributed by atoms with E-state index in [-0.39, 0.29) is 22.2 Å². The Hall–Kier alpha value is -1.11. The van der Waals surface area contributed by atoms with Gasteiger partial charge in [-0.1, -0.05) is 66.2 Å². The molecule has 0 bridgehead atoms. The smallest absolute Gasteiger partial charge is 0.124 e. The summed E-state index contributed by atoms with van der Waals surface area (Å²) in [7, 11) is 0. The van der Waals surface area contributed by atoms with Crippen molar-refractivity contribution < 1.29 is 4.79 Å². The number of hydrogen-bond acceptors (Lipinski definition) is 1. The monoisotopic (exact) mass is 298 g/mol. The highest BCUT2D eigenvalue weighted by atomic mass is 16.1. The Labute approximate surface area is 135 Å². The molecule has 1 saturated carbocycles. The second-order valence-corrected chi connectivity index (χ2v) is 8.99. The van der Waals surface area contributed by atoms with Crippen molar-refractivity contribution in [2.45, 2.75) is 77.0 Å². The van der Waals surface area contributed by atoms with Crippen molar-refractivity contribution in [1.82, 2.24) is 0 Å². The highest BCUT2D eigenvalue weighted by molar-refractivity contribution is 5.66. The summed E-state index contributed by atoms with van der Waals surface area (Å²) in [6, 6.07) is 7.08. The van der Waals surface area contributed by atoms with Gasteiger partial charge in [0.25, 0.3) is 0 Å². The number of hydrogen-bond donors (Lipinski definition) is 0. The van der Waals surface area contributed by atoms with E-state index < -0.39 is 0 Å². The first-order chi connectivity index (χ1) is 10.2. The second kappa shape index (κ2) is 4.69. The SMILES string of the molecule is CCC1C(C=O)C1(C)c1ccc2c(c1)C(C)(C)CCC2(C)C. The summed E-state index contributed by atoms with van der Waals surface area (Å²) >= 11 is 0. The van der Waals surface area contributed by atoms with Crippen LogP contribution in [0.4, 0.5) is 0 Å². The molecule has 0 aromatic heterocycles. The third-order valence-corrected chi connectivity index (χ3v) is 6.85. The quantitative estimate of drug-likeness (QED) is 0.705. The van der Waals surface area contributed by atoms with Crippen LogP contribution in [0.25, 0.3) is 0 Å². The van der Waals surface area contributed by atoms with Crippen molar-refractivity contribution in [1.29, 1.82) is 0 Å². The van der Waals surface area contributed by atoms with Crippen LogP contribution in [0.15, 0.2) is 18.2 Å². The van der Waals surface area contributed by atoms with Gasteiger partial charge in [-0.15, -0.1) is 0 Å². The fraction of sp³-hybridized carbons (Fsp3) is 0.667. The third kappa shape index (κ3) is 2.01. The Morgan fingerprint density at radius 3 is 2.14 bits per heavy atom. The van der Waals surface area contributed by atoms with E-state index in [1.807, 2.05) is 0 Å². The van der Waals surface area contributed by atoms with E-state index in [0.717, 1.165) is 6.42 Å². The fourth-order valence-corrected chi connectivity index (χ4v) is 4.88. The molecule has 1 fully saturated rings. The topological polar surface area (TPSA) is 17.1 Å². The first-order valence-corrected chi connectivity index (χ1v) is 8.79. The predicted octanol–water partition coefficient (Wildman–Crippen LogP) is 5.15. The number of rotatable bonds is 3. The van der Waals surface area contributed by atoms with Crippen molar-refractivity contribution in [2.75, 3.05) is 0 Å². The summed E-state index contributed by atoms with van der Waals surface area (Å²) < 4.78 is 0. The maximum atomic E-state index is 11.4. The van der Waals surface area contributed by atoms with Gasteiger partial charge in [0.1, 0.15) is 6.29 Å². The van der Waals surface area contributed by atoms with Crippen molar-refractivity contribution in [3.05, 3.63) is 34.9 Å². The lowest BCUT2D eigenvalue weighted by molar-refractivity contribution is -0.109. The average molecular weight is 298 g/mol. The molecule has 1 aromatic rings. The molecule has 3 unspecified atom stereocenters. The maximum Gasteiger partial charge on any atom is 0.124 e. The molecule has 3 atom stereocenters. The van der Waals surface area contributed by atoms with Crippen LogP contribution in [-0.4, -0.2) is 6.29 Å². The zero-order valence-electron chi connectivity index (χ0n) is 15.0. The molecule has 0 aliphatic heterocycles. The molecule has 1 heteroatoms. The van der Waals surface area contributed by atoms with Gasteiger partial charge in [0.15, 0.2) is 0 Å². The minimum Gasteiger partial charge on any atom is -0.303 e. The molecule has 0 amide bonds. The first kappa shape index (κ1) is 15.8. The molecule has 0 saturated heterocycles. The summed E-state index contributed by atoms with van der Waals surface area (Å²) in [6.45, 7) is 14.0. The van der Waals surface area contributed by atoms with E-state index in [9.17, 15) is 4.79 Å². The van der Waals surface area contributed by atoms with Crippen LogP contribution in [0.5, 0.6) is 0 Å². The summed E-state index contributed by atoms with van der Waals surface area (Å²) in [4.78, 5) is 11.4. The largest absolute Gasteiger partial charge is 0.303 e. The molecule has 22 heavy (non-hydrogen) atoms. The van der Waals surface area contributed by atoms with E-state index >= 15 is 0 Å². The first-order valence-electron chi connectivity index (χ1n) is 8.79. The normalized spacial score (nSPS) is 34.8. The molecule has 2 aliphatic rings. The molecular weight excluding hydrogens is 268 g/mol. The van der Waals surface area contributed by atoms with Crippen LogP contribution in [0.3, 0.4) is 0 Å². The van der Waals surface area contributed by atoms with Crippen LogP contribution >= 0.6 is 0 Å². The average Bonchev–Trinajstić information content (AvgIpc) is 3.09. The van der Waals surface area contributed by atoms with Crippen molar-refractivity contribution in [3.8, 4) is 0 Å². The Kier molecular flexibility index (Phi) is 3.36. The van der Waals surface area contributed by atoms with Gasteiger partial charge in [0, 0.05) is 11.3 Å². The lowest BCUT2D eigenvalue weighted by Gasteiger charge is -2.42. The number of benzene rings is 1. The molecule has 0 N–H and O–H groups in total. The van der Waals surface area contributed by atoms with Gasteiger partial charge in [0.2, 0.25) is 0 Å². The van der Waals surface area contributed by atoms with Crippen LogP contribution in [0.2, 0.25) is 0 Å². The van der Waals surface area contributed by atoms with Gasteiger partial charge >= 0.3 is 0 Å². The Balaban J connectivity index is 2.10. The van der Waals surface area contributed by atoms with Crippen LogP contribution in [0, 0.1) is 11.8 Å². The van der Waals surface area contributed by atoms with Gasteiger partial charge in [0.05, 0.1) is 0 Å². The number of carbonyl (C=O) groups excluding carboxylic acids is 1. The molecule has 0 radical (unpaired) electrons. The molecule has 1 aromatic carbocycles. The standard InChI is InChI=1S/C21H30O/c1-7-15-18(13-22)21(15,6)14-8-9-16-17(12-14)20(4,5)11-10-19(16,2)3/h8-9,12-13,15,18H,7,10-11H2,1-6H3. The lowest BCUT2D eigenvalue weighted by atomic mass is 9.62. The van der Waals surface area contributed by atoms with Crippen LogP contribution in [0.1, 0.15) is 77.5 Å². The van der Waals surface area contributed by atoms with Crippen molar-refractivity contribution in [3.63, 3.8) is 0 Å². The van der Waals surface area contributed by atoms with Gasteiger partial charge in [-0.25, -0.2) is 0 Å². The predicted molar refractivity (Wildman–Crippen MR) is 92.4 cm³/mol. The van der Waals surface area contributed by atoms with Crippen LogP contribution in [-0.2, 0) is 21.0 Å². The molecular formula is C21H30O. The van der Waals surface area contributed by atoms with Crippen molar-refractivity contribution >= 4 is 6.29 Å². The second-order valence-electron chi connectivity index (χ2n) is 8.99. The van der Waals surface area contributed by atoms with Gasteiger partial charge in [-0.2, -0.15) is 0 Å². The van der Waals surface area contributed by atoms with Crippen LogP contribution < -0.4 is 0 Å². The third-order valence-electron chi connectivity index (χ3n) is 6.85.